The number of anilines is 3. The van der Waals surface area contributed by atoms with Gasteiger partial charge in [0.05, 0.1) is 6.07 Å². The van der Waals surface area contributed by atoms with Crippen LogP contribution in [0.1, 0.15) is 16.1 Å². The van der Waals surface area contributed by atoms with E-state index in [-0.39, 0.29) is 12.3 Å². The van der Waals surface area contributed by atoms with Gasteiger partial charge >= 0.3 is 5.88 Å². The molecule has 11 heteroatoms. The van der Waals surface area contributed by atoms with E-state index < -0.39 is 16.7 Å². The molecule has 1 amide bonds. The van der Waals surface area contributed by atoms with Gasteiger partial charge < -0.3 is 20.4 Å². The highest BCUT2D eigenvalue weighted by atomic mass is 16.6. The minimum absolute atomic E-state index is 0.119. The SMILES string of the molecule is Cc1ccnc(Nc2ccc(NCCNC(=O)c3ccc([N+](=O)[O-])o3)nn2)c1. The van der Waals surface area contributed by atoms with Crippen molar-refractivity contribution in [3.63, 3.8) is 0 Å². The van der Waals surface area contributed by atoms with E-state index in [1.165, 1.54) is 6.07 Å². The lowest BCUT2D eigenvalue weighted by atomic mass is 10.3. The zero-order valence-corrected chi connectivity index (χ0v) is 14.9. The molecule has 0 aromatic carbocycles. The van der Waals surface area contributed by atoms with Gasteiger partial charge in [0.1, 0.15) is 16.6 Å². The second kappa shape index (κ2) is 8.58. The third kappa shape index (κ3) is 5.00. The molecule has 0 saturated heterocycles. The molecule has 0 aliphatic rings. The van der Waals surface area contributed by atoms with Crippen molar-refractivity contribution in [2.24, 2.45) is 0 Å². The van der Waals surface area contributed by atoms with E-state index in [1.807, 2.05) is 19.1 Å². The van der Waals surface area contributed by atoms with Crippen LogP contribution in [0.2, 0.25) is 0 Å². The van der Waals surface area contributed by atoms with Gasteiger partial charge in [-0.3, -0.25) is 14.9 Å². The van der Waals surface area contributed by atoms with Gasteiger partial charge in [-0.2, -0.15) is 0 Å². The average molecular weight is 383 g/mol. The minimum atomic E-state index is -0.704. The highest BCUT2D eigenvalue weighted by molar-refractivity contribution is 5.91. The molecule has 0 atom stereocenters. The molecule has 0 bridgehead atoms. The Kier molecular flexibility index (Phi) is 5.75. The number of nitrogens with zero attached hydrogens (tertiary/aromatic N) is 4. The topological polar surface area (TPSA) is 148 Å². The Morgan fingerprint density at radius 1 is 1.11 bits per heavy atom. The van der Waals surface area contributed by atoms with Gasteiger partial charge in [0, 0.05) is 19.3 Å². The standard InChI is InChI=1S/C17H17N7O4/c1-11-6-7-18-15(10-11)21-14-4-3-13(22-23-14)19-8-9-20-17(25)12-2-5-16(28-12)24(26)27/h2-7,10H,8-9H2,1H3,(H,19,22)(H,20,25)(H,18,21,23). The van der Waals surface area contributed by atoms with Crippen molar-refractivity contribution in [2.75, 3.05) is 23.7 Å². The molecule has 0 radical (unpaired) electrons. The molecule has 0 unspecified atom stereocenters. The molecule has 28 heavy (non-hydrogen) atoms. The Bertz CT molecular complexity index is 972. The largest absolute Gasteiger partial charge is 0.433 e. The van der Waals surface area contributed by atoms with Crippen LogP contribution in [0.15, 0.2) is 47.0 Å². The molecule has 3 aromatic rings. The number of aromatic nitrogens is 3. The molecule has 0 fully saturated rings. The van der Waals surface area contributed by atoms with Crippen molar-refractivity contribution in [2.45, 2.75) is 6.92 Å². The fourth-order valence-electron chi connectivity index (χ4n) is 2.23. The van der Waals surface area contributed by atoms with Crippen molar-refractivity contribution >= 4 is 29.2 Å². The van der Waals surface area contributed by atoms with Crippen LogP contribution in [0.3, 0.4) is 0 Å². The molecule has 144 valence electrons. The Balaban J connectivity index is 1.43. The summed E-state index contributed by atoms with van der Waals surface area (Å²) in [6, 6.07) is 9.66. The number of furan rings is 1. The smallest absolute Gasteiger partial charge is 0.395 e. The molecular weight excluding hydrogens is 366 g/mol. The monoisotopic (exact) mass is 383 g/mol. The van der Waals surface area contributed by atoms with Crippen molar-refractivity contribution < 1.29 is 14.1 Å². The molecule has 0 spiro atoms. The van der Waals surface area contributed by atoms with Gasteiger partial charge in [0.2, 0.25) is 0 Å². The molecule has 3 heterocycles. The molecule has 11 nitrogen and oxygen atoms in total. The second-order valence-electron chi connectivity index (χ2n) is 5.72. The van der Waals surface area contributed by atoms with E-state index >= 15 is 0 Å². The van der Waals surface area contributed by atoms with Crippen LogP contribution in [0, 0.1) is 17.0 Å². The fraction of sp³-hybridized carbons (Fsp3) is 0.176. The van der Waals surface area contributed by atoms with Crippen LogP contribution in [-0.4, -0.2) is 39.1 Å². The average Bonchev–Trinajstić information content (AvgIpc) is 3.17. The molecule has 3 aromatic heterocycles. The Hall–Kier alpha value is -4.02. The number of hydrogen-bond acceptors (Lipinski definition) is 9. The first-order chi connectivity index (χ1) is 13.5. The number of nitrogens with one attached hydrogen (secondary N) is 3. The lowest BCUT2D eigenvalue weighted by Gasteiger charge is -2.07. The predicted molar refractivity (Wildman–Crippen MR) is 100 cm³/mol. The van der Waals surface area contributed by atoms with E-state index in [1.54, 1.807) is 18.3 Å². The maximum Gasteiger partial charge on any atom is 0.433 e. The Morgan fingerprint density at radius 3 is 2.57 bits per heavy atom. The summed E-state index contributed by atoms with van der Waals surface area (Å²) in [4.78, 5) is 25.9. The first-order valence-corrected chi connectivity index (χ1v) is 8.31. The van der Waals surface area contributed by atoms with Gasteiger partial charge in [-0.05, 0) is 42.8 Å². The van der Waals surface area contributed by atoms with Crippen molar-refractivity contribution in [3.8, 4) is 0 Å². The number of aryl methyl sites for hydroxylation is 1. The van der Waals surface area contributed by atoms with Crippen LogP contribution in [-0.2, 0) is 0 Å². The third-order valence-electron chi connectivity index (χ3n) is 3.55. The highest BCUT2D eigenvalue weighted by Gasteiger charge is 2.16. The fourth-order valence-corrected chi connectivity index (χ4v) is 2.23. The van der Waals surface area contributed by atoms with Gasteiger partial charge in [0.25, 0.3) is 5.91 Å². The minimum Gasteiger partial charge on any atom is -0.395 e. The van der Waals surface area contributed by atoms with Gasteiger partial charge in [-0.15, -0.1) is 10.2 Å². The van der Waals surface area contributed by atoms with Crippen molar-refractivity contribution in [3.05, 3.63) is 64.0 Å². The summed E-state index contributed by atoms with van der Waals surface area (Å²) in [7, 11) is 0. The van der Waals surface area contributed by atoms with Gasteiger partial charge in [0.15, 0.2) is 11.6 Å². The summed E-state index contributed by atoms with van der Waals surface area (Å²) in [5.41, 5.74) is 1.08. The van der Waals surface area contributed by atoms with Crippen molar-refractivity contribution in [1.82, 2.24) is 20.5 Å². The lowest BCUT2D eigenvalue weighted by molar-refractivity contribution is -0.402. The lowest BCUT2D eigenvalue weighted by Crippen LogP contribution is -2.28. The number of hydrogen-bond donors (Lipinski definition) is 3. The third-order valence-corrected chi connectivity index (χ3v) is 3.55. The van der Waals surface area contributed by atoms with E-state index in [0.29, 0.717) is 24.0 Å². The van der Waals surface area contributed by atoms with Gasteiger partial charge in [-0.1, -0.05) is 0 Å². The number of pyridine rings is 1. The number of amides is 1. The van der Waals surface area contributed by atoms with E-state index in [9.17, 15) is 14.9 Å². The molecule has 3 rings (SSSR count). The molecule has 0 saturated carbocycles. The Morgan fingerprint density at radius 2 is 1.89 bits per heavy atom. The normalized spacial score (nSPS) is 10.3. The summed E-state index contributed by atoms with van der Waals surface area (Å²) in [6.45, 7) is 2.62. The van der Waals surface area contributed by atoms with Crippen LogP contribution in [0.25, 0.3) is 0 Å². The number of carbonyl (C=O) groups excluding carboxylic acids is 1. The van der Waals surface area contributed by atoms with E-state index in [0.717, 1.165) is 11.6 Å². The van der Waals surface area contributed by atoms with Crippen LogP contribution < -0.4 is 16.0 Å². The summed E-state index contributed by atoms with van der Waals surface area (Å²) < 4.78 is 4.83. The summed E-state index contributed by atoms with van der Waals surface area (Å²) in [6.07, 6.45) is 1.70. The maximum absolute atomic E-state index is 11.8. The van der Waals surface area contributed by atoms with Crippen LogP contribution >= 0.6 is 0 Å². The van der Waals surface area contributed by atoms with Crippen LogP contribution in [0.5, 0.6) is 0 Å². The highest BCUT2D eigenvalue weighted by Crippen LogP contribution is 2.15. The zero-order valence-electron chi connectivity index (χ0n) is 14.9. The molecular formula is C17H17N7O4. The van der Waals surface area contributed by atoms with Gasteiger partial charge in [-0.25, -0.2) is 4.98 Å². The number of carbonyl (C=O) groups is 1. The second-order valence-corrected chi connectivity index (χ2v) is 5.72. The maximum atomic E-state index is 11.8. The first-order valence-electron chi connectivity index (χ1n) is 8.31. The van der Waals surface area contributed by atoms with E-state index in [2.05, 4.69) is 31.1 Å². The quantitative estimate of drug-likeness (QED) is 0.302. The summed E-state index contributed by atoms with van der Waals surface area (Å²) >= 11 is 0. The Labute approximate surface area is 159 Å². The predicted octanol–water partition coefficient (Wildman–Crippen LogP) is 2.27. The number of rotatable bonds is 8. The molecule has 3 N–H and O–H groups in total. The van der Waals surface area contributed by atoms with Crippen molar-refractivity contribution in [1.29, 1.82) is 0 Å². The summed E-state index contributed by atoms with van der Waals surface area (Å²) in [5.74, 6) is 0.629. The van der Waals surface area contributed by atoms with E-state index in [4.69, 9.17) is 4.42 Å². The first kappa shape index (κ1) is 18.8. The zero-order chi connectivity index (χ0) is 19.9. The molecule has 0 aliphatic carbocycles. The summed E-state index contributed by atoms with van der Waals surface area (Å²) in [5, 5.41) is 27.3. The molecule has 0 aliphatic heterocycles. The van der Waals surface area contributed by atoms with Crippen LogP contribution in [0.4, 0.5) is 23.3 Å². The number of nitro groups is 1.